The van der Waals surface area contributed by atoms with E-state index in [-0.39, 0.29) is 11.5 Å². The quantitative estimate of drug-likeness (QED) is 0.925. The first kappa shape index (κ1) is 15.2. The normalized spacial score (nSPS) is 30.4. The highest BCUT2D eigenvalue weighted by Crippen LogP contribution is 2.49. The van der Waals surface area contributed by atoms with E-state index in [9.17, 15) is 9.90 Å². The van der Waals surface area contributed by atoms with Crippen LogP contribution in [0, 0.1) is 0 Å². The van der Waals surface area contributed by atoms with Crippen LogP contribution in [-0.2, 0) is 10.2 Å². The summed E-state index contributed by atoms with van der Waals surface area (Å²) in [4.78, 5) is 17.5. The molecule has 2 saturated carbocycles. The molecule has 4 rings (SSSR count). The predicted octanol–water partition coefficient (Wildman–Crippen LogP) is 1.78. The van der Waals surface area contributed by atoms with E-state index >= 15 is 0 Å². The summed E-state index contributed by atoms with van der Waals surface area (Å²) in [6.07, 6.45) is 4.96. The second-order valence-corrected chi connectivity index (χ2v) is 7.34. The van der Waals surface area contributed by atoms with E-state index in [1.165, 1.54) is 5.56 Å². The third-order valence-corrected chi connectivity index (χ3v) is 6.00. The van der Waals surface area contributed by atoms with Crippen molar-refractivity contribution in [3.8, 4) is 0 Å². The van der Waals surface area contributed by atoms with Crippen molar-refractivity contribution >= 4 is 5.91 Å². The number of aliphatic hydroxyl groups is 1. The van der Waals surface area contributed by atoms with Crippen molar-refractivity contribution in [3.63, 3.8) is 0 Å². The Balaban J connectivity index is 1.40. The molecule has 0 unspecified atom stereocenters. The maximum Gasteiger partial charge on any atom is 0.233 e. The Labute approximate surface area is 138 Å². The van der Waals surface area contributed by atoms with Crippen LogP contribution in [0.4, 0.5) is 0 Å². The van der Waals surface area contributed by atoms with Crippen LogP contribution in [0.3, 0.4) is 0 Å². The molecule has 1 aliphatic heterocycles. The monoisotopic (exact) mass is 314 g/mol. The number of nitrogens with zero attached hydrogens (tertiary/aromatic N) is 2. The standard InChI is InChI=1S/C19H26N2O2/c22-17-8-4-7-16(17)20-11-13-21(14-12-20)18(23)19(9-10-19)15-5-2-1-3-6-15/h1-3,5-6,16-17,22H,4,7-14H2/t16-,17-/m1/s1. The fraction of sp³-hybridized carbons (Fsp3) is 0.632. The lowest BCUT2D eigenvalue weighted by molar-refractivity contribution is -0.136. The predicted molar refractivity (Wildman–Crippen MR) is 89.2 cm³/mol. The zero-order valence-electron chi connectivity index (χ0n) is 13.7. The summed E-state index contributed by atoms with van der Waals surface area (Å²) in [6, 6.07) is 10.6. The largest absolute Gasteiger partial charge is 0.391 e. The van der Waals surface area contributed by atoms with Gasteiger partial charge in [-0.15, -0.1) is 0 Å². The van der Waals surface area contributed by atoms with Gasteiger partial charge in [0, 0.05) is 32.2 Å². The van der Waals surface area contributed by atoms with Gasteiger partial charge in [-0.3, -0.25) is 9.69 Å². The third-order valence-electron chi connectivity index (χ3n) is 6.00. The number of carbonyl (C=O) groups excluding carboxylic acids is 1. The molecular weight excluding hydrogens is 288 g/mol. The second-order valence-electron chi connectivity index (χ2n) is 7.34. The zero-order valence-corrected chi connectivity index (χ0v) is 13.7. The van der Waals surface area contributed by atoms with E-state index in [1.54, 1.807) is 0 Å². The lowest BCUT2D eigenvalue weighted by atomic mass is 9.94. The van der Waals surface area contributed by atoms with Gasteiger partial charge in [0.25, 0.3) is 0 Å². The minimum absolute atomic E-state index is 0.170. The number of benzene rings is 1. The average Bonchev–Trinajstić information content (AvgIpc) is 3.31. The Morgan fingerprint density at radius 3 is 2.30 bits per heavy atom. The van der Waals surface area contributed by atoms with Crippen molar-refractivity contribution in [1.82, 2.24) is 9.80 Å². The fourth-order valence-corrected chi connectivity index (χ4v) is 4.41. The summed E-state index contributed by atoms with van der Waals surface area (Å²) in [5, 5.41) is 10.1. The smallest absolute Gasteiger partial charge is 0.233 e. The zero-order chi connectivity index (χ0) is 15.9. The summed E-state index contributed by atoms with van der Waals surface area (Å²) >= 11 is 0. The van der Waals surface area contributed by atoms with Crippen LogP contribution in [-0.4, -0.2) is 59.1 Å². The topological polar surface area (TPSA) is 43.8 Å². The van der Waals surface area contributed by atoms with E-state index in [1.807, 2.05) is 18.2 Å². The number of hydrogen-bond acceptors (Lipinski definition) is 3. The molecule has 1 amide bonds. The molecule has 0 spiro atoms. The Hall–Kier alpha value is -1.39. The fourth-order valence-electron chi connectivity index (χ4n) is 4.41. The van der Waals surface area contributed by atoms with Crippen LogP contribution >= 0.6 is 0 Å². The van der Waals surface area contributed by atoms with Crippen LogP contribution in [0.5, 0.6) is 0 Å². The molecule has 0 bridgehead atoms. The Kier molecular flexibility index (Phi) is 3.90. The lowest BCUT2D eigenvalue weighted by Gasteiger charge is -2.40. The molecule has 4 heteroatoms. The number of amides is 1. The van der Waals surface area contributed by atoms with Crippen LogP contribution < -0.4 is 0 Å². The molecule has 0 radical (unpaired) electrons. The molecule has 1 N–H and O–H groups in total. The van der Waals surface area contributed by atoms with Crippen molar-refractivity contribution in [2.75, 3.05) is 26.2 Å². The first-order valence-electron chi connectivity index (χ1n) is 8.98. The maximum atomic E-state index is 13.0. The Morgan fingerprint density at radius 1 is 1.04 bits per heavy atom. The minimum atomic E-state index is -0.240. The first-order chi connectivity index (χ1) is 11.2. The molecule has 1 aromatic carbocycles. The molecule has 1 saturated heterocycles. The first-order valence-corrected chi connectivity index (χ1v) is 8.98. The van der Waals surface area contributed by atoms with E-state index in [2.05, 4.69) is 21.9 Å². The number of piperazine rings is 1. The van der Waals surface area contributed by atoms with E-state index in [0.29, 0.717) is 11.9 Å². The molecule has 3 aliphatic rings. The molecule has 2 atom stereocenters. The highest BCUT2D eigenvalue weighted by Gasteiger charge is 2.53. The molecule has 2 aliphatic carbocycles. The van der Waals surface area contributed by atoms with Gasteiger partial charge in [0.1, 0.15) is 0 Å². The third kappa shape index (κ3) is 2.68. The molecule has 3 fully saturated rings. The highest BCUT2D eigenvalue weighted by atomic mass is 16.3. The summed E-state index contributed by atoms with van der Waals surface area (Å²) in [5.74, 6) is 0.315. The van der Waals surface area contributed by atoms with Crippen LogP contribution in [0.15, 0.2) is 30.3 Å². The van der Waals surface area contributed by atoms with Crippen molar-refractivity contribution < 1.29 is 9.90 Å². The molecule has 4 nitrogen and oxygen atoms in total. The lowest BCUT2D eigenvalue weighted by Crippen LogP contribution is -2.55. The van der Waals surface area contributed by atoms with Gasteiger partial charge in [0.15, 0.2) is 0 Å². The molecule has 0 aromatic heterocycles. The van der Waals surface area contributed by atoms with Crippen LogP contribution in [0.2, 0.25) is 0 Å². The average molecular weight is 314 g/mol. The van der Waals surface area contributed by atoms with Crippen molar-refractivity contribution in [2.24, 2.45) is 0 Å². The Bertz CT molecular complexity index is 562. The van der Waals surface area contributed by atoms with E-state index in [4.69, 9.17) is 0 Å². The van der Waals surface area contributed by atoms with Crippen LogP contribution in [0.1, 0.15) is 37.7 Å². The van der Waals surface area contributed by atoms with Gasteiger partial charge >= 0.3 is 0 Å². The van der Waals surface area contributed by atoms with Gasteiger partial charge in [-0.1, -0.05) is 30.3 Å². The van der Waals surface area contributed by atoms with Gasteiger partial charge in [-0.2, -0.15) is 0 Å². The van der Waals surface area contributed by atoms with E-state index < -0.39 is 0 Å². The summed E-state index contributed by atoms with van der Waals surface area (Å²) < 4.78 is 0. The molecule has 1 aromatic rings. The number of rotatable bonds is 3. The summed E-state index contributed by atoms with van der Waals surface area (Å²) in [6.45, 7) is 3.41. The molecule has 23 heavy (non-hydrogen) atoms. The Morgan fingerprint density at radius 2 is 1.74 bits per heavy atom. The van der Waals surface area contributed by atoms with Crippen molar-refractivity contribution in [1.29, 1.82) is 0 Å². The van der Waals surface area contributed by atoms with Gasteiger partial charge in [0.05, 0.1) is 11.5 Å². The van der Waals surface area contributed by atoms with Crippen molar-refractivity contribution in [3.05, 3.63) is 35.9 Å². The van der Waals surface area contributed by atoms with Crippen molar-refractivity contribution in [2.45, 2.75) is 49.7 Å². The maximum absolute atomic E-state index is 13.0. The summed E-state index contributed by atoms with van der Waals surface area (Å²) in [5.41, 5.74) is 0.940. The second kappa shape index (κ2) is 5.91. The number of aliphatic hydroxyl groups excluding tert-OH is 1. The molecule has 1 heterocycles. The number of carbonyl (C=O) groups is 1. The van der Waals surface area contributed by atoms with E-state index in [0.717, 1.165) is 58.3 Å². The molecule has 124 valence electrons. The molecular formula is C19H26N2O2. The van der Waals surface area contributed by atoms with Crippen LogP contribution in [0.25, 0.3) is 0 Å². The summed E-state index contributed by atoms with van der Waals surface area (Å²) in [7, 11) is 0. The van der Waals surface area contributed by atoms with Gasteiger partial charge in [-0.05, 0) is 37.7 Å². The minimum Gasteiger partial charge on any atom is -0.391 e. The SMILES string of the molecule is O=C(N1CCN([C@@H]2CCC[C@H]2O)CC1)C1(c2ccccc2)CC1. The highest BCUT2D eigenvalue weighted by molar-refractivity contribution is 5.91. The van der Waals surface area contributed by atoms with Gasteiger partial charge in [-0.25, -0.2) is 0 Å². The van der Waals surface area contributed by atoms with Gasteiger partial charge < -0.3 is 10.0 Å². The van der Waals surface area contributed by atoms with Gasteiger partial charge in [0.2, 0.25) is 5.91 Å². The number of hydrogen-bond donors (Lipinski definition) is 1.